The first-order chi connectivity index (χ1) is 16.5. The minimum Gasteiger partial charge on any atom is -0.334 e. The van der Waals surface area contributed by atoms with Crippen molar-refractivity contribution in [1.29, 1.82) is 0 Å². The number of hydrogen-bond acceptors (Lipinski definition) is 4. The SMILES string of the molecule is Cc1ccc(N(C)c2cc3c(ncn3C)c(N=C(c3ccccc3)c3ccccc3)n2)c(C)c1. The highest BCUT2D eigenvalue weighted by Crippen LogP contribution is 2.32. The molecule has 0 unspecified atom stereocenters. The van der Waals surface area contributed by atoms with E-state index in [1.165, 1.54) is 11.1 Å². The molecule has 0 atom stereocenters. The fraction of sp³-hybridized carbons (Fsp3) is 0.138. The van der Waals surface area contributed by atoms with E-state index in [0.29, 0.717) is 5.82 Å². The molecule has 3 aromatic carbocycles. The van der Waals surface area contributed by atoms with E-state index in [9.17, 15) is 0 Å². The molecular formula is C29H27N5. The maximum Gasteiger partial charge on any atom is 0.183 e. The molecule has 34 heavy (non-hydrogen) atoms. The van der Waals surface area contributed by atoms with E-state index in [4.69, 9.17) is 9.98 Å². The molecular weight excluding hydrogens is 418 g/mol. The van der Waals surface area contributed by atoms with Crippen LogP contribution >= 0.6 is 0 Å². The summed E-state index contributed by atoms with van der Waals surface area (Å²) >= 11 is 0. The normalized spacial score (nSPS) is 10.9. The maximum absolute atomic E-state index is 5.12. The molecule has 5 heteroatoms. The lowest BCUT2D eigenvalue weighted by Crippen LogP contribution is -2.13. The summed E-state index contributed by atoms with van der Waals surface area (Å²) in [6, 6.07) is 29.0. The van der Waals surface area contributed by atoms with E-state index < -0.39 is 0 Å². The average Bonchev–Trinajstić information content (AvgIpc) is 3.24. The number of rotatable bonds is 5. The zero-order valence-electron chi connectivity index (χ0n) is 19.9. The van der Waals surface area contributed by atoms with E-state index in [2.05, 4.69) is 72.3 Å². The number of aryl methyl sites for hydroxylation is 3. The van der Waals surface area contributed by atoms with Crippen LogP contribution in [0.2, 0.25) is 0 Å². The summed E-state index contributed by atoms with van der Waals surface area (Å²) in [6.07, 6.45) is 1.82. The van der Waals surface area contributed by atoms with Gasteiger partial charge in [0.25, 0.3) is 0 Å². The first-order valence-electron chi connectivity index (χ1n) is 11.3. The summed E-state index contributed by atoms with van der Waals surface area (Å²) < 4.78 is 2.01. The number of fused-ring (bicyclic) bond motifs is 1. The Hall–Kier alpha value is -4.25. The molecule has 0 N–H and O–H groups in total. The Morgan fingerprint density at radius 3 is 2.12 bits per heavy atom. The van der Waals surface area contributed by atoms with Crippen LogP contribution in [0.15, 0.2) is 96.2 Å². The summed E-state index contributed by atoms with van der Waals surface area (Å²) in [5, 5.41) is 0. The number of benzene rings is 3. The predicted octanol–water partition coefficient (Wildman–Crippen LogP) is 6.52. The third kappa shape index (κ3) is 4.08. The van der Waals surface area contributed by atoms with Crippen LogP contribution in [-0.4, -0.2) is 27.3 Å². The van der Waals surface area contributed by atoms with Crippen molar-refractivity contribution in [2.45, 2.75) is 13.8 Å². The summed E-state index contributed by atoms with van der Waals surface area (Å²) in [7, 11) is 4.05. The highest BCUT2D eigenvalue weighted by atomic mass is 15.2. The van der Waals surface area contributed by atoms with Crippen LogP contribution in [0.1, 0.15) is 22.3 Å². The Balaban J connectivity index is 1.72. The highest BCUT2D eigenvalue weighted by molar-refractivity contribution is 6.14. The first kappa shape index (κ1) is 21.6. The molecule has 0 fully saturated rings. The Bertz CT molecular complexity index is 1440. The fourth-order valence-electron chi connectivity index (χ4n) is 4.25. The van der Waals surface area contributed by atoms with Gasteiger partial charge in [0.15, 0.2) is 5.82 Å². The third-order valence-electron chi connectivity index (χ3n) is 6.05. The van der Waals surface area contributed by atoms with Crippen LogP contribution in [0.25, 0.3) is 11.0 Å². The predicted molar refractivity (Wildman–Crippen MR) is 141 cm³/mol. The van der Waals surface area contributed by atoms with Crippen molar-refractivity contribution in [1.82, 2.24) is 14.5 Å². The van der Waals surface area contributed by atoms with Crippen LogP contribution in [0, 0.1) is 13.8 Å². The van der Waals surface area contributed by atoms with Gasteiger partial charge in [-0.15, -0.1) is 0 Å². The van der Waals surface area contributed by atoms with Crippen molar-refractivity contribution in [3.63, 3.8) is 0 Å². The smallest absolute Gasteiger partial charge is 0.183 e. The van der Waals surface area contributed by atoms with Crippen molar-refractivity contribution >= 4 is 34.1 Å². The van der Waals surface area contributed by atoms with Crippen molar-refractivity contribution in [3.05, 3.63) is 114 Å². The zero-order chi connectivity index (χ0) is 23.7. The van der Waals surface area contributed by atoms with Gasteiger partial charge in [-0.2, -0.15) is 0 Å². The second kappa shape index (κ2) is 8.94. The van der Waals surface area contributed by atoms with E-state index in [1.54, 1.807) is 0 Å². The molecule has 0 aliphatic rings. The average molecular weight is 446 g/mol. The van der Waals surface area contributed by atoms with Crippen molar-refractivity contribution in [2.75, 3.05) is 11.9 Å². The van der Waals surface area contributed by atoms with E-state index >= 15 is 0 Å². The number of imidazole rings is 1. The van der Waals surface area contributed by atoms with Crippen molar-refractivity contribution in [3.8, 4) is 0 Å². The van der Waals surface area contributed by atoms with Gasteiger partial charge in [-0.25, -0.2) is 15.0 Å². The number of aromatic nitrogens is 3. The number of hydrogen-bond donors (Lipinski definition) is 0. The molecule has 0 aliphatic carbocycles. The lowest BCUT2D eigenvalue weighted by atomic mass is 10.0. The molecule has 0 aliphatic heterocycles. The quantitative estimate of drug-likeness (QED) is 0.289. The van der Waals surface area contributed by atoms with Gasteiger partial charge in [-0.05, 0) is 25.5 Å². The molecule has 168 valence electrons. The van der Waals surface area contributed by atoms with Crippen LogP contribution in [0.5, 0.6) is 0 Å². The van der Waals surface area contributed by atoms with Crippen LogP contribution in [-0.2, 0) is 7.05 Å². The largest absolute Gasteiger partial charge is 0.334 e. The van der Waals surface area contributed by atoms with Gasteiger partial charge in [0, 0.05) is 37.0 Å². The standard InChI is InChI=1S/C29H27N5/c1-20-15-16-24(21(2)17-20)34(4)26-18-25-28(30-19-33(25)3)29(31-26)32-27(22-11-7-5-8-12-22)23-13-9-6-10-14-23/h5-19H,1-4H3. The molecule has 2 heterocycles. The van der Waals surface area contributed by atoms with Crippen LogP contribution in [0.3, 0.4) is 0 Å². The first-order valence-corrected chi connectivity index (χ1v) is 11.3. The molecule has 5 rings (SSSR count). The number of pyridine rings is 1. The summed E-state index contributed by atoms with van der Waals surface area (Å²) in [5.74, 6) is 1.43. The number of nitrogens with zero attached hydrogens (tertiary/aromatic N) is 5. The summed E-state index contributed by atoms with van der Waals surface area (Å²) in [4.78, 5) is 16.9. The highest BCUT2D eigenvalue weighted by Gasteiger charge is 2.16. The minimum atomic E-state index is 0.604. The third-order valence-corrected chi connectivity index (χ3v) is 6.05. The molecule has 0 spiro atoms. The molecule has 0 saturated heterocycles. The van der Waals surface area contributed by atoms with Gasteiger partial charge in [0.2, 0.25) is 0 Å². The maximum atomic E-state index is 5.12. The lowest BCUT2D eigenvalue weighted by molar-refractivity contribution is 0.946. The second-order valence-electron chi connectivity index (χ2n) is 8.57. The monoisotopic (exact) mass is 445 g/mol. The Labute approximate surface area is 200 Å². The molecule has 5 nitrogen and oxygen atoms in total. The van der Waals surface area contributed by atoms with Gasteiger partial charge < -0.3 is 9.47 Å². The van der Waals surface area contributed by atoms with E-state index in [1.807, 2.05) is 61.4 Å². The number of anilines is 2. The van der Waals surface area contributed by atoms with Crippen molar-refractivity contribution < 1.29 is 0 Å². The Kier molecular flexibility index (Phi) is 5.68. The van der Waals surface area contributed by atoms with Gasteiger partial charge in [0.1, 0.15) is 11.3 Å². The molecule has 0 bridgehead atoms. The summed E-state index contributed by atoms with van der Waals surface area (Å²) in [5.41, 5.74) is 8.26. The summed E-state index contributed by atoms with van der Waals surface area (Å²) in [6.45, 7) is 4.24. The van der Waals surface area contributed by atoms with Crippen LogP contribution in [0.4, 0.5) is 17.3 Å². The van der Waals surface area contributed by atoms with Gasteiger partial charge >= 0.3 is 0 Å². The topological polar surface area (TPSA) is 46.3 Å². The second-order valence-corrected chi connectivity index (χ2v) is 8.57. The molecule has 0 amide bonds. The Morgan fingerprint density at radius 2 is 1.50 bits per heavy atom. The zero-order valence-corrected chi connectivity index (χ0v) is 19.9. The molecule has 2 aromatic heterocycles. The molecule has 0 saturated carbocycles. The molecule has 0 radical (unpaired) electrons. The Morgan fingerprint density at radius 1 is 0.853 bits per heavy atom. The fourth-order valence-corrected chi connectivity index (χ4v) is 4.25. The van der Waals surface area contributed by atoms with Gasteiger partial charge in [-0.3, -0.25) is 0 Å². The van der Waals surface area contributed by atoms with Crippen molar-refractivity contribution in [2.24, 2.45) is 12.0 Å². The van der Waals surface area contributed by atoms with Gasteiger partial charge in [-0.1, -0.05) is 78.4 Å². The lowest BCUT2D eigenvalue weighted by Gasteiger charge is -2.21. The minimum absolute atomic E-state index is 0.604. The number of aliphatic imine (C=N–C) groups is 1. The van der Waals surface area contributed by atoms with E-state index in [0.717, 1.165) is 39.4 Å². The van der Waals surface area contributed by atoms with E-state index in [-0.39, 0.29) is 0 Å². The molecule has 5 aromatic rings. The van der Waals surface area contributed by atoms with Crippen LogP contribution < -0.4 is 4.90 Å². The van der Waals surface area contributed by atoms with Gasteiger partial charge in [0.05, 0.1) is 17.6 Å².